The first-order valence-electron chi connectivity index (χ1n) is 8.31. The average Bonchev–Trinajstić information content (AvgIpc) is 2.88. The van der Waals surface area contributed by atoms with Gasteiger partial charge in [-0.25, -0.2) is 4.68 Å². The Morgan fingerprint density at radius 2 is 2.19 bits per heavy atom. The lowest BCUT2D eigenvalue weighted by Crippen LogP contribution is -2.23. The molecule has 0 aliphatic heterocycles. The molecule has 0 bridgehead atoms. The van der Waals surface area contributed by atoms with Gasteiger partial charge in [0.05, 0.1) is 13.8 Å². The molecule has 0 fully saturated rings. The van der Waals surface area contributed by atoms with E-state index in [1.54, 1.807) is 17.9 Å². The van der Waals surface area contributed by atoms with Crippen molar-refractivity contribution in [3.05, 3.63) is 39.4 Å². The molecule has 0 atom stereocenters. The van der Waals surface area contributed by atoms with Gasteiger partial charge < -0.3 is 15.0 Å². The van der Waals surface area contributed by atoms with Crippen molar-refractivity contribution in [2.75, 3.05) is 14.2 Å². The monoisotopic (exact) mass is 397 g/mol. The minimum Gasteiger partial charge on any atom is -0.496 e. The maximum absolute atomic E-state index is 11.1. The highest BCUT2D eigenvalue weighted by Gasteiger charge is 2.13. The second-order valence-electron chi connectivity index (χ2n) is 6.02. The Hall–Kier alpha value is -1.90. The Morgan fingerprint density at radius 1 is 1.46 bits per heavy atom. The second kappa shape index (κ2) is 9.16. The zero-order chi connectivity index (χ0) is 19.3. The van der Waals surface area contributed by atoms with Crippen molar-refractivity contribution in [1.82, 2.24) is 19.2 Å². The minimum absolute atomic E-state index is 0.251. The third kappa shape index (κ3) is 5.06. The average molecular weight is 398 g/mol. The van der Waals surface area contributed by atoms with Gasteiger partial charge in [-0.3, -0.25) is 9.69 Å². The Morgan fingerprint density at radius 3 is 2.81 bits per heavy atom. The number of aromatic nitrogens is 3. The van der Waals surface area contributed by atoms with Crippen LogP contribution >= 0.6 is 23.8 Å². The highest BCUT2D eigenvalue weighted by Crippen LogP contribution is 2.23. The molecule has 9 heteroatoms. The van der Waals surface area contributed by atoms with Crippen molar-refractivity contribution in [2.24, 2.45) is 5.73 Å². The Bertz CT molecular complexity index is 833. The van der Waals surface area contributed by atoms with Gasteiger partial charge in [-0.2, -0.15) is 5.10 Å². The Labute approximate surface area is 163 Å². The summed E-state index contributed by atoms with van der Waals surface area (Å²) in [6.45, 7) is 3.82. The normalized spacial score (nSPS) is 11.1. The molecular weight excluding hydrogens is 374 g/mol. The van der Waals surface area contributed by atoms with Gasteiger partial charge in [-0.1, -0.05) is 11.6 Å². The van der Waals surface area contributed by atoms with Crippen molar-refractivity contribution >= 4 is 29.7 Å². The number of halogens is 1. The van der Waals surface area contributed by atoms with Crippen LogP contribution in [0, 0.1) is 4.77 Å². The lowest BCUT2D eigenvalue weighted by Gasteiger charge is -2.18. The maximum Gasteiger partial charge on any atom is 0.217 e. The number of carbonyl (C=O) groups is 1. The molecular formula is C17H24ClN5O2S. The van der Waals surface area contributed by atoms with Crippen molar-refractivity contribution in [1.29, 1.82) is 0 Å². The largest absolute Gasteiger partial charge is 0.496 e. The summed E-state index contributed by atoms with van der Waals surface area (Å²) in [5.74, 6) is 1.20. The number of ether oxygens (including phenoxy) is 1. The van der Waals surface area contributed by atoms with Gasteiger partial charge in [-0.05, 0) is 44.4 Å². The molecule has 2 N–H and O–H groups in total. The fourth-order valence-corrected chi connectivity index (χ4v) is 3.28. The van der Waals surface area contributed by atoms with E-state index in [1.165, 1.54) is 0 Å². The molecule has 0 aliphatic rings. The third-order valence-electron chi connectivity index (χ3n) is 3.97. The number of primary amides is 1. The fourth-order valence-electron chi connectivity index (χ4n) is 2.76. The van der Waals surface area contributed by atoms with Crippen LogP contribution in [0.3, 0.4) is 0 Å². The molecule has 142 valence electrons. The van der Waals surface area contributed by atoms with E-state index in [-0.39, 0.29) is 12.3 Å². The van der Waals surface area contributed by atoms with E-state index in [0.717, 1.165) is 17.1 Å². The van der Waals surface area contributed by atoms with E-state index < -0.39 is 0 Å². The van der Waals surface area contributed by atoms with Gasteiger partial charge in [0.1, 0.15) is 11.6 Å². The van der Waals surface area contributed by atoms with Gasteiger partial charge >= 0.3 is 0 Å². The third-order valence-corrected chi connectivity index (χ3v) is 4.63. The van der Waals surface area contributed by atoms with Crippen molar-refractivity contribution < 1.29 is 9.53 Å². The summed E-state index contributed by atoms with van der Waals surface area (Å²) in [6.07, 6.45) is 0.729. The number of amides is 1. The van der Waals surface area contributed by atoms with Gasteiger partial charge in [0.15, 0.2) is 4.77 Å². The van der Waals surface area contributed by atoms with Crippen LogP contribution in [0.4, 0.5) is 0 Å². The summed E-state index contributed by atoms with van der Waals surface area (Å²) in [7, 11) is 3.60. The van der Waals surface area contributed by atoms with Crippen LogP contribution in [-0.2, 0) is 31.0 Å². The first-order chi connectivity index (χ1) is 12.3. The quantitative estimate of drug-likeness (QED) is 0.658. The van der Waals surface area contributed by atoms with Crippen molar-refractivity contribution in [3.8, 4) is 5.75 Å². The molecule has 1 amide bonds. The second-order valence-corrected chi connectivity index (χ2v) is 6.82. The summed E-state index contributed by atoms with van der Waals surface area (Å²) in [5.41, 5.74) is 6.23. The van der Waals surface area contributed by atoms with Crippen LogP contribution in [0.1, 0.15) is 24.7 Å². The molecule has 0 spiro atoms. The molecule has 1 heterocycles. The van der Waals surface area contributed by atoms with E-state index in [0.29, 0.717) is 36.0 Å². The van der Waals surface area contributed by atoms with E-state index in [9.17, 15) is 4.79 Å². The van der Waals surface area contributed by atoms with Gasteiger partial charge in [0, 0.05) is 36.5 Å². The van der Waals surface area contributed by atoms with Crippen molar-refractivity contribution in [3.63, 3.8) is 0 Å². The zero-order valence-electron chi connectivity index (χ0n) is 15.2. The number of aryl methyl sites for hydroxylation is 1. The number of benzene rings is 1. The SMILES string of the molecule is CCn1c(CCC(N)=O)nn(CN(C)Cc2cc(Cl)ccc2OC)c1=S. The molecule has 0 radical (unpaired) electrons. The summed E-state index contributed by atoms with van der Waals surface area (Å²) >= 11 is 11.6. The molecule has 0 saturated heterocycles. The standard InChI is InChI=1S/C17H24ClN5O2S/c1-4-22-16(8-7-15(19)24)20-23(17(22)26)11-21(2)10-12-9-13(18)5-6-14(12)25-3/h5-6,9H,4,7-8,10-11H2,1-3H3,(H2,19,24). The lowest BCUT2D eigenvalue weighted by molar-refractivity contribution is -0.118. The highest BCUT2D eigenvalue weighted by atomic mass is 35.5. The number of rotatable bonds is 9. The maximum atomic E-state index is 11.1. The fraction of sp³-hybridized carbons (Fsp3) is 0.471. The van der Waals surface area contributed by atoms with Gasteiger partial charge in [0.2, 0.25) is 5.91 Å². The Kier molecular flexibility index (Phi) is 7.19. The smallest absolute Gasteiger partial charge is 0.217 e. The Balaban J connectivity index is 2.16. The van der Waals surface area contributed by atoms with E-state index in [4.69, 9.17) is 34.3 Å². The molecule has 26 heavy (non-hydrogen) atoms. The molecule has 0 aliphatic carbocycles. The van der Waals surface area contributed by atoms with Crippen LogP contribution in [0.2, 0.25) is 5.02 Å². The summed E-state index contributed by atoms with van der Waals surface area (Å²) in [5, 5.41) is 5.22. The topological polar surface area (TPSA) is 78.3 Å². The first kappa shape index (κ1) is 20.4. The number of nitrogens with two attached hydrogens (primary N) is 1. The predicted molar refractivity (Wildman–Crippen MR) is 104 cm³/mol. The first-order valence-corrected chi connectivity index (χ1v) is 9.10. The van der Waals surface area contributed by atoms with Crippen LogP contribution in [0.5, 0.6) is 5.75 Å². The highest BCUT2D eigenvalue weighted by molar-refractivity contribution is 7.71. The summed E-state index contributed by atoms with van der Waals surface area (Å²) in [6, 6.07) is 5.54. The molecule has 1 aromatic carbocycles. The number of hydrogen-bond donors (Lipinski definition) is 1. The lowest BCUT2D eigenvalue weighted by atomic mass is 10.2. The number of methoxy groups -OCH3 is 1. The van der Waals surface area contributed by atoms with Crippen LogP contribution in [-0.4, -0.2) is 39.3 Å². The molecule has 1 aromatic heterocycles. The number of carbonyl (C=O) groups excluding carboxylic acids is 1. The molecule has 2 aromatic rings. The van der Waals surface area contributed by atoms with Crippen LogP contribution in [0.25, 0.3) is 0 Å². The van der Waals surface area contributed by atoms with Crippen LogP contribution < -0.4 is 10.5 Å². The number of nitrogens with zero attached hydrogens (tertiary/aromatic N) is 4. The van der Waals surface area contributed by atoms with Crippen molar-refractivity contribution in [2.45, 2.75) is 39.5 Å². The van der Waals surface area contributed by atoms with Crippen LogP contribution in [0.15, 0.2) is 18.2 Å². The minimum atomic E-state index is -0.349. The molecule has 7 nitrogen and oxygen atoms in total. The van der Waals surface area contributed by atoms with E-state index in [1.807, 2.05) is 30.7 Å². The molecule has 2 rings (SSSR count). The molecule has 0 saturated carbocycles. The summed E-state index contributed by atoms with van der Waals surface area (Å²) < 4.78 is 9.69. The molecule has 0 unspecified atom stereocenters. The predicted octanol–water partition coefficient (Wildman–Crippen LogP) is 2.60. The summed E-state index contributed by atoms with van der Waals surface area (Å²) in [4.78, 5) is 13.1. The van der Waals surface area contributed by atoms with Gasteiger partial charge in [0.25, 0.3) is 0 Å². The van der Waals surface area contributed by atoms with E-state index in [2.05, 4.69) is 10.00 Å². The zero-order valence-corrected chi connectivity index (χ0v) is 16.8. The van der Waals surface area contributed by atoms with Gasteiger partial charge in [-0.15, -0.1) is 0 Å². The number of hydrogen-bond acceptors (Lipinski definition) is 5. The van der Waals surface area contributed by atoms with E-state index >= 15 is 0 Å².